The van der Waals surface area contributed by atoms with Crippen molar-refractivity contribution in [2.45, 2.75) is 52.0 Å². The Morgan fingerprint density at radius 2 is 1.94 bits per heavy atom. The van der Waals surface area contributed by atoms with E-state index in [4.69, 9.17) is 0 Å². The third-order valence-corrected chi connectivity index (χ3v) is 3.87. The molecule has 18 heavy (non-hydrogen) atoms. The smallest absolute Gasteiger partial charge is 0.329 e. The van der Waals surface area contributed by atoms with Gasteiger partial charge in [-0.3, -0.25) is 4.79 Å². The van der Waals surface area contributed by atoms with Crippen LogP contribution in [0.4, 0.5) is 0 Å². The summed E-state index contributed by atoms with van der Waals surface area (Å²) >= 11 is 0. The van der Waals surface area contributed by atoms with Gasteiger partial charge in [-0.2, -0.15) is 0 Å². The van der Waals surface area contributed by atoms with E-state index in [2.05, 4.69) is 10.6 Å². The SMILES string of the molecule is CCCC(C)(NC(=O)C1(C)CCNCC1)C(=O)O. The molecule has 1 unspecified atom stereocenters. The van der Waals surface area contributed by atoms with Gasteiger partial charge >= 0.3 is 5.97 Å². The third kappa shape index (κ3) is 3.22. The molecular weight excluding hydrogens is 232 g/mol. The van der Waals surface area contributed by atoms with Crippen LogP contribution in [0.5, 0.6) is 0 Å². The molecule has 0 aliphatic carbocycles. The van der Waals surface area contributed by atoms with Gasteiger partial charge in [0.1, 0.15) is 5.54 Å². The van der Waals surface area contributed by atoms with Gasteiger partial charge in [-0.15, -0.1) is 0 Å². The van der Waals surface area contributed by atoms with Crippen molar-refractivity contribution in [3.63, 3.8) is 0 Å². The first-order chi connectivity index (χ1) is 8.34. The van der Waals surface area contributed by atoms with E-state index >= 15 is 0 Å². The second kappa shape index (κ2) is 5.69. The standard InChI is InChI=1S/C13H24N2O3/c1-4-5-13(3,11(17)18)15-10(16)12(2)6-8-14-9-7-12/h14H,4-9H2,1-3H3,(H,15,16)(H,17,18). The first-order valence-corrected chi connectivity index (χ1v) is 6.61. The molecule has 0 spiro atoms. The van der Waals surface area contributed by atoms with E-state index in [9.17, 15) is 14.7 Å². The number of carbonyl (C=O) groups is 2. The minimum Gasteiger partial charge on any atom is -0.480 e. The summed E-state index contributed by atoms with van der Waals surface area (Å²) in [5, 5.41) is 15.2. The minimum atomic E-state index is -1.15. The lowest BCUT2D eigenvalue weighted by molar-refractivity contribution is -0.149. The Morgan fingerprint density at radius 3 is 2.39 bits per heavy atom. The Hall–Kier alpha value is -1.10. The molecule has 0 aromatic carbocycles. The Labute approximate surface area is 108 Å². The summed E-state index contributed by atoms with van der Waals surface area (Å²) in [4.78, 5) is 23.6. The number of hydrogen-bond acceptors (Lipinski definition) is 3. The normalized spacial score (nSPS) is 21.9. The fourth-order valence-electron chi connectivity index (χ4n) is 2.33. The predicted octanol–water partition coefficient (Wildman–Crippen LogP) is 1.14. The maximum absolute atomic E-state index is 12.3. The van der Waals surface area contributed by atoms with Crippen LogP contribution in [-0.4, -0.2) is 35.6 Å². The van der Waals surface area contributed by atoms with Crippen molar-refractivity contribution in [3.05, 3.63) is 0 Å². The highest BCUT2D eigenvalue weighted by molar-refractivity contribution is 5.89. The van der Waals surface area contributed by atoms with Gasteiger partial charge in [0, 0.05) is 5.41 Å². The summed E-state index contributed by atoms with van der Waals surface area (Å²) in [5.41, 5.74) is -1.60. The quantitative estimate of drug-likeness (QED) is 0.689. The summed E-state index contributed by atoms with van der Waals surface area (Å²) in [6.07, 6.45) is 2.67. The molecule has 1 heterocycles. The van der Waals surface area contributed by atoms with Gasteiger partial charge in [0.25, 0.3) is 0 Å². The number of carboxylic acid groups (broad SMARTS) is 1. The van der Waals surface area contributed by atoms with E-state index in [1.54, 1.807) is 6.92 Å². The van der Waals surface area contributed by atoms with Crippen LogP contribution in [0.25, 0.3) is 0 Å². The summed E-state index contributed by atoms with van der Waals surface area (Å²) < 4.78 is 0. The number of aliphatic carboxylic acids is 1. The Balaban J connectivity index is 2.74. The molecule has 1 fully saturated rings. The summed E-state index contributed by atoms with van der Waals surface area (Å²) in [6, 6.07) is 0. The number of carbonyl (C=O) groups excluding carboxylic acids is 1. The van der Waals surface area contributed by atoms with E-state index in [1.807, 2.05) is 13.8 Å². The molecule has 1 amide bonds. The number of hydrogen-bond donors (Lipinski definition) is 3. The Kier molecular flexibility index (Phi) is 4.73. The molecule has 5 nitrogen and oxygen atoms in total. The van der Waals surface area contributed by atoms with Crippen molar-refractivity contribution < 1.29 is 14.7 Å². The first kappa shape index (κ1) is 15.0. The predicted molar refractivity (Wildman–Crippen MR) is 69.3 cm³/mol. The summed E-state index contributed by atoms with van der Waals surface area (Å²) in [5.74, 6) is -1.10. The monoisotopic (exact) mass is 256 g/mol. The molecule has 0 aromatic heterocycles. The molecule has 3 N–H and O–H groups in total. The maximum Gasteiger partial charge on any atom is 0.329 e. The van der Waals surface area contributed by atoms with Gasteiger partial charge in [-0.1, -0.05) is 20.3 Å². The van der Waals surface area contributed by atoms with Crippen molar-refractivity contribution in [2.75, 3.05) is 13.1 Å². The fourth-order valence-corrected chi connectivity index (χ4v) is 2.33. The molecular formula is C13H24N2O3. The highest BCUT2D eigenvalue weighted by Crippen LogP contribution is 2.29. The Bertz CT molecular complexity index is 324. The van der Waals surface area contributed by atoms with E-state index < -0.39 is 16.9 Å². The van der Waals surface area contributed by atoms with Crippen LogP contribution in [0.15, 0.2) is 0 Å². The zero-order valence-electron chi connectivity index (χ0n) is 11.5. The molecule has 1 rings (SSSR count). The van der Waals surface area contributed by atoms with Crippen LogP contribution in [0, 0.1) is 5.41 Å². The van der Waals surface area contributed by atoms with Crippen LogP contribution in [0.2, 0.25) is 0 Å². The fraction of sp³-hybridized carbons (Fsp3) is 0.846. The van der Waals surface area contributed by atoms with Gasteiger partial charge in [-0.25, -0.2) is 4.79 Å². The molecule has 0 bridgehead atoms. The van der Waals surface area contributed by atoms with Gasteiger partial charge < -0.3 is 15.7 Å². The second-order valence-corrected chi connectivity index (χ2v) is 5.65. The van der Waals surface area contributed by atoms with Crippen molar-refractivity contribution >= 4 is 11.9 Å². The van der Waals surface area contributed by atoms with Crippen molar-refractivity contribution in [3.8, 4) is 0 Å². The zero-order valence-corrected chi connectivity index (χ0v) is 11.5. The lowest BCUT2D eigenvalue weighted by Gasteiger charge is -2.36. The van der Waals surface area contributed by atoms with Crippen LogP contribution in [-0.2, 0) is 9.59 Å². The topological polar surface area (TPSA) is 78.4 Å². The van der Waals surface area contributed by atoms with Crippen molar-refractivity contribution in [2.24, 2.45) is 5.41 Å². The number of piperidine rings is 1. The highest BCUT2D eigenvalue weighted by Gasteiger charge is 2.41. The lowest BCUT2D eigenvalue weighted by Crippen LogP contribution is -2.57. The number of amides is 1. The minimum absolute atomic E-state index is 0.137. The highest BCUT2D eigenvalue weighted by atomic mass is 16.4. The van der Waals surface area contributed by atoms with Crippen molar-refractivity contribution in [1.82, 2.24) is 10.6 Å². The molecule has 0 aromatic rings. The molecule has 1 atom stereocenters. The van der Waals surface area contributed by atoms with Crippen molar-refractivity contribution in [1.29, 1.82) is 0 Å². The average Bonchev–Trinajstić information content (AvgIpc) is 2.30. The van der Waals surface area contributed by atoms with E-state index in [1.165, 1.54) is 0 Å². The van der Waals surface area contributed by atoms with Gasteiger partial charge in [0.05, 0.1) is 0 Å². The lowest BCUT2D eigenvalue weighted by atomic mass is 9.79. The molecule has 0 radical (unpaired) electrons. The number of rotatable bonds is 5. The number of nitrogens with one attached hydrogen (secondary N) is 2. The Morgan fingerprint density at radius 1 is 1.39 bits per heavy atom. The molecule has 1 aliphatic heterocycles. The average molecular weight is 256 g/mol. The number of carboxylic acids is 1. The molecule has 0 saturated carbocycles. The first-order valence-electron chi connectivity index (χ1n) is 6.61. The van der Waals surface area contributed by atoms with Gasteiger partial charge in [0.15, 0.2) is 0 Å². The van der Waals surface area contributed by atoms with Crippen LogP contribution < -0.4 is 10.6 Å². The third-order valence-electron chi connectivity index (χ3n) is 3.87. The summed E-state index contributed by atoms with van der Waals surface area (Å²) in [7, 11) is 0. The largest absolute Gasteiger partial charge is 0.480 e. The van der Waals surface area contributed by atoms with E-state index in [0.29, 0.717) is 6.42 Å². The van der Waals surface area contributed by atoms with E-state index in [0.717, 1.165) is 32.4 Å². The molecule has 104 valence electrons. The summed E-state index contributed by atoms with van der Waals surface area (Å²) in [6.45, 7) is 7.03. The van der Waals surface area contributed by atoms with Crippen LogP contribution in [0.1, 0.15) is 46.5 Å². The molecule has 1 aliphatic rings. The van der Waals surface area contributed by atoms with Crippen LogP contribution >= 0.6 is 0 Å². The van der Waals surface area contributed by atoms with Gasteiger partial charge in [0.2, 0.25) is 5.91 Å². The zero-order chi connectivity index (χ0) is 13.8. The molecule has 5 heteroatoms. The molecule has 1 saturated heterocycles. The maximum atomic E-state index is 12.3. The van der Waals surface area contributed by atoms with E-state index in [-0.39, 0.29) is 5.91 Å². The van der Waals surface area contributed by atoms with Crippen LogP contribution in [0.3, 0.4) is 0 Å². The second-order valence-electron chi connectivity index (χ2n) is 5.65. The van der Waals surface area contributed by atoms with Gasteiger partial charge in [-0.05, 0) is 39.3 Å².